The van der Waals surface area contributed by atoms with E-state index in [-0.39, 0.29) is 0 Å². The minimum atomic E-state index is -1.11. The molecule has 1 amide bonds. The average Bonchev–Trinajstić information content (AvgIpc) is 2.58. The second-order valence-electron chi connectivity index (χ2n) is 3.21. The molecule has 2 rings (SSSR count). The zero-order chi connectivity index (χ0) is 10.8. The molecule has 0 aliphatic rings. The average molecular weight is 205 g/mol. The lowest BCUT2D eigenvalue weighted by Crippen LogP contribution is -2.08. The Bertz CT molecular complexity index is 504. The highest BCUT2D eigenvalue weighted by atomic mass is 16.4. The molecule has 78 valence electrons. The van der Waals surface area contributed by atoms with Gasteiger partial charge in [-0.2, -0.15) is 0 Å². The van der Waals surface area contributed by atoms with Crippen molar-refractivity contribution in [2.75, 3.05) is 5.32 Å². The largest absolute Gasteiger partial charge is 0.465 e. The minimum Gasteiger partial charge on any atom is -0.465 e. The standard InChI is InChI=1S/C10H11N3O2/c1-2-6-4-11-8-3-9(13-10(14)15)12-5-7(6)8/h3-5,11H,2H2,1H3,(H,12,13)(H,14,15). The van der Waals surface area contributed by atoms with Crippen LogP contribution in [0.3, 0.4) is 0 Å². The smallest absolute Gasteiger partial charge is 0.410 e. The number of amides is 1. The molecule has 0 spiro atoms. The molecule has 0 fully saturated rings. The van der Waals surface area contributed by atoms with Gasteiger partial charge < -0.3 is 10.1 Å². The number of nitrogens with zero attached hydrogens (tertiary/aromatic N) is 1. The van der Waals surface area contributed by atoms with Gasteiger partial charge in [-0.1, -0.05) is 6.92 Å². The van der Waals surface area contributed by atoms with Crippen LogP contribution in [-0.4, -0.2) is 21.2 Å². The van der Waals surface area contributed by atoms with Crippen LogP contribution in [-0.2, 0) is 6.42 Å². The normalized spacial score (nSPS) is 10.5. The summed E-state index contributed by atoms with van der Waals surface area (Å²) >= 11 is 0. The Hall–Kier alpha value is -2.04. The third kappa shape index (κ3) is 1.76. The molecule has 0 aliphatic heterocycles. The molecule has 0 bridgehead atoms. The van der Waals surface area contributed by atoms with Crippen molar-refractivity contribution in [1.82, 2.24) is 9.97 Å². The number of aryl methyl sites for hydroxylation is 1. The van der Waals surface area contributed by atoms with E-state index in [0.717, 1.165) is 17.3 Å². The Kier molecular flexibility index (Phi) is 2.29. The van der Waals surface area contributed by atoms with E-state index in [9.17, 15) is 4.79 Å². The summed E-state index contributed by atoms with van der Waals surface area (Å²) in [5, 5.41) is 11.8. The Labute approximate surface area is 86.1 Å². The quantitative estimate of drug-likeness (QED) is 0.703. The van der Waals surface area contributed by atoms with Crippen LogP contribution in [0.15, 0.2) is 18.5 Å². The number of rotatable bonds is 2. The van der Waals surface area contributed by atoms with Crippen molar-refractivity contribution in [2.45, 2.75) is 13.3 Å². The molecule has 0 saturated heterocycles. The Balaban J connectivity index is 2.44. The maximum absolute atomic E-state index is 10.4. The van der Waals surface area contributed by atoms with Crippen LogP contribution < -0.4 is 5.32 Å². The van der Waals surface area contributed by atoms with E-state index in [1.165, 1.54) is 5.56 Å². The van der Waals surface area contributed by atoms with Crippen LogP contribution in [0.25, 0.3) is 10.9 Å². The van der Waals surface area contributed by atoms with Crippen molar-refractivity contribution in [3.05, 3.63) is 24.0 Å². The van der Waals surface area contributed by atoms with E-state index in [4.69, 9.17) is 5.11 Å². The van der Waals surface area contributed by atoms with Gasteiger partial charge in [0.2, 0.25) is 0 Å². The second kappa shape index (κ2) is 3.61. The zero-order valence-electron chi connectivity index (χ0n) is 8.24. The summed E-state index contributed by atoms with van der Waals surface area (Å²) in [5.74, 6) is 0.333. The highest BCUT2D eigenvalue weighted by Gasteiger charge is 2.05. The van der Waals surface area contributed by atoms with E-state index >= 15 is 0 Å². The van der Waals surface area contributed by atoms with Gasteiger partial charge in [0.05, 0.1) is 5.52 Å². The number of fused-ring (bicyclic) bond motifs is 1. The third-order valence-corrected chi connectivity index (χ3v) is 2.27. The van der Waals surface area contributed by atoms with Gasteiger partial charge in [-0.15, -0.1) is 0 Å². The maximum atomic E-state index is 10.4. The van der Waals surface area contributed by atoms with Gasteiger partial charge in [0, 0.05) is 23.8 Å². The predicted molar refractivity (Wildman–Crippen MR) is 57.1 cm³/mol. The monoisotopic (exact) mass is 205 g/mol. The molecule has 5 nitrogen and oxygen atoms in total. The summed E-state index contributed by atoms with van der Waals surface area (Å²) in [5.41, 5.74) is 2.07. The van der Waals surface area contributed by atoms with E-state index in [1.807, 2.05) is 6.20 Å². The lowest BCUT2D eigenvalue weighted by Gasteiger charge is -1.99. The van der Waals surface area contributed by atoms with Crippen LogP contribution >= 0.6 is 0 Å². The molecule has 2 heterocycles. The van der Waals surface area contributed by atoms with Crippen molar-refractivity contribution >= 4 is 22.8 Å². The number of hydrogen-bond acceptors (Lipinski definition) is 2. The predicted octanol–water partition coefficient (Wildman–Crippen LogP) is 2.22. The Morgan fingerprint density at radius 1 is 1.67 bits per heavy atom. The molecule has 15 heavy (non-hydrogen) atoms. The fourth-order valence-electron chi connectivity index (χ4n) is 1.54. The van der Waals surface area contributed by atoms with Gasteiger partial charge in [0.1, 0.15) is 5.82 Å². The first kappa shape index (κ1) is 9.51. The first-order chi connectivity index (χ1) is 7.20. The third-order valence-electron chi connectivity index (χ3n) is 2.27. The first-order valence-corrected chi connectivity index (χ1v) is 4.66. The van der Waals surface area contributed by atoms with Gasteiger partial charge >= 0.3 is 6.09 Å². The van der Waals surface area contributed by atoms with Crippen molar-refractivity contribution in [2.24, 2.45) is 0 Å². The van der Waals surface area contributed by atoms with Crippen LogP contribution in [0.5, 0.6) is 0 Å². The molecule has 0 unspecified atom stereocenters. The topological polar surface area (TPSA) is 78.0 Å². The zero-order valence-corrected chi connectivity index (χ0v) is 8.24. The highest BCUT2D eigenvalue weighted by molar-refractivity contribution is 5.88. The van der Waals surface area contributed by atoms with Crippen LogP contribution in [0.1, 0.15) is 12.5 Å². The molecule has 0 radical (unpaired) electrons. The molecule has 3 N–H and O–H groups in total. The first-order valence-electron chi connectivity index (χ1n) is 4.66. The lowest BCUT2D eigenvalue weighted by atomic mass is 10.2. The number of carbonyl (C=O) groups is 1. The number of nitrogens with one attached hydrogen (secondary N) is 2. The Morgan fingerprint density at radius 3 is 3.13 bits per heavy atom. The number of anilines is 1. The summed E-state index contributed by atoms with van der Waals surface area (Å²) in [6.45, 7) is 2.06. The van der Waals surface area contributed by atoms with E-state index in [1.54, 1.807) is 12.3 Å². The summed E-state index contributed by atoms with van der Waals surface area (Å²) in [6.07, 6.45) is 3.41. The summed E-state index contributed by atoms with van der Waals surface area (Å²) in [7, 11) is 0. The van der Waals surface area contributed by atoms with E-state index < -0.39 is 6.09 Å². The number of aromatic nitrogens is 2. The van der Waals surface area contributed by atoms with Crippen molar-refractivity contribution in [3.63, 3.8) is 0 Å². The molecule has 0 saturated carbocycles. The molecule has 0 aliphatic carbocycles. The molecule has 2 aromatic heterocycles. The molecular formula is C10H11N3O2. The number of pyridine rings is 1. The molecule has 0 atom stereocenters. The van der Waals surface area contributed by atoms with Gasteiger partial charge in [0.15, 0.2) is 0 Å². The maximum Gasteiger partial charge on any atom is 0.410 e. The molecule has 5 heteroatoms. The summed E-state index contributed by atoms with van der Waals surface area (Å²) in [6, 6.07) is 1.68. The van der Waals surface area contributed by atoms with Crippen LogP contribution in [0.2, 0.25) is 0 Å². The van der Waals surface area contributed by atoms with Crippen molar-refractivity contribution in [1.29, 1.82) is 0 Å². The second-order valence-corrected chi connectivity index (χ2v) is 3.21. The number of aromatic amines is 1. The molecule has 2 aromatic rings. The van der Waals surface area contributed by atoms with E-state index in [0.29, 0.717) is 5.82 Å². The van der Waals surface area contributed by atoms with Crippen molar-refractivity contribution in [3.8, 4) is 0 Å². The van der Waals surface area contributed by atoms with Crippen LogP contribution in [0.4, 0.5) is 10.6 Å². The SMILES string of the molecule is CCc1c[nH]c2cc(NC(=O)O)ncc12. The fourth-order valence-corrected chi connectivity index (χ4v) is 1.54. The van der Waals surface area contributed by atoms with Crippen molar-refractivity contribution < 1.29 is 9.90 Å². The highest BCUT2D eigenvalue weighted by Crippen LogP contribution is 2.19. The molecular weight excluding hydrogens is 194 g/mol. The minimum absolute atomic E-state index is 0.333. The van der Waals surface area contributed by atoms with Gasteiger partial charge in [-0.05, 0) is 12.0 Å². The molecule has 0 aromatic carbocycles. The van der Waals surface area contributed by atoms with Crippen LogP contribution in [0, 0.1) is 0 Å². The lowest BCUT2D eigenvalue weighted by molar-refractivity contribution is 0.209. The van der Waals surface area contributed by atoms with Gasteiger partial charge in [0.25, 0.3) is 0 Å². The number of carboxylic acid groups (broad SMARTS) is 1. The van der Waals surface area contributed by atoms with Gasteiger partial charge in [-0.25, -0.2) is 9.78 Å². The van der Waals surface area contributed by atoms with Gasteiger partial charge in [-0.3, -0.25) is 5.32 Å². The van der Waals surface area contributed by atoms with E-state index in [2.05, 4.69) is 22.2 Å². The number of hydrogen-bond donors (Lipinski definition) is 3. The summed E-state index contributed by atoms with van der Waals surface area (Å²) < 4.78 is 0. The fraction of sp³-hybridized carbons (Fsp3) is 0.200. The Morgan fingerprint density at radius 2 is 2.47 bits per heavy atom. The number of H-pyrrole nitrogens is 1. The summed E-state index contributed by atoms with van der Waals surface area (Å²) in [4.78, 5) is 17.5.